The number of halogens is 1. The molecular weight excluding hydrogens is 260 g/mol. The van der Waals surface area contributed by atoms with E-state index in [-0.39, 0.29) is 5.33 Å². The van der Waals surface area contributed by atoms with Gasteiger partial charge in [-0.25, -0.2) is 4.79 Å². The van der Waals surface area contributed by atoms with Gasteiger partial charge in [0.2, 0.25) is 11.6 Å². The number of Topliss-reactive ketones (excluding diaryl/α,β-unsaturated/α-hetero) is 2. The number of aliphatic hydroxyl groups excluding tert-OH is 2. The van der Waals surface area contributed by atoms with Crippen LogP contribution in [0.4, 0.5) is 0 Å². The number of carbonyl (C=O) groups is 3. The van der Waals surface area contributed by atoms with Crippen LogP contribution in [0.1, 0.15) is 6.42 Å². The zero-order valence-corrected chi connectivity index (χ0v) is 8.60. The maximum absolute atomic E-state index is 10.9. The number of ketones is 2. The average molecular weight is 269 g/mol. The molecule has 0 aliphatic carbocycles. The summed E-state index contributed by atoms with van der Waals surface area (Å²) >= 11 is 2.78. The lowest BCUT2D eigenvalue weighted by Gasteiger charge is -2.06. The Labute approximate surface area is 87.7 Å². The minimum Gasteiger partial charge on any atom is -0.479 e. The molecule has 0 aromatic heterocycles. The number of rotatable bonds is 6. The summed E-state index contributed by atoms with van der Waals surface area (Å²) in [5, 5.41) is 25.7. The molecule has 0 bridgehead atoms. The maximum Gasteiger partial charge on any atom is 0.333 e. The molecule has 14 heavy (non-hydrogen) atoms. The highest BCUT2D eigenvalue weighted by Gasteiger charge is 2.26. The van der Waals surface area contributed by atoms with Gasteiger partial charge in [-0.15, -0.1) is 0 Å². The largest absolute Gasteiger partial charge is 0.479 e. The lowest BCUT2D eigenvalue weighted by Crippen LogP contribution is -2.33. The first-order valence-electron chi connectivity index (χ1n) is 3.62. The van der Waals surface area contributed by atoms with E-state index in [9.17, 15) is 14.4 Å². The molecule has 0 radical (unpaired) electrons. The molecule has 2 unspecified atom stereocenters. The van der Waals surface area contributed by atoms with Gasteiger partial charge in [-0.3, -0.25) is 9.59 Å². The summed E-state index contributed by atoms with van der Waals surface area (Å²) in [4.78, 5) is 31.9. The van der Waals surface area contributed by atoms with Gasteiger partial charge in [-0.05, 0) is 0 Å². The van der Waals surface area contributed by atoms with Gasteiger partial charge in [0.25, 0.3) is 0 Å². The van der Waals surface area contributed by atoms with Crippen LogP contribution in [0.3, 0.4) is 0 Å². The highest BCUT2D eigenvalue weighted by Crippen LogP contribution is 1.99. The van der Waals surface area contributed by atoms with Crippen molar-refractivity contribution in [1.29, 1.82) is 0 Å². The summed E-state index contributed by atoms with van der Waals surface area (Å²) < 4.78 is 0. The van der Waals surface area contributed by atoms with Gasteiger partial charge >= 0.3 is 5.97 Å². The van der Waals surface area contributed by atoms with Gasteiger partial charge < -0.3 is 15.3 Å². The highest BCUT2D eigenvalue weighted by molar-refractivity contribution is 9.09. The Morgan fingerprint density at radius 1 is 1.14 bits per heavy atom. The lowest BCUT2D eigenvalue weighted by atomic mass is 10.1. The molecule has 0 aliphatic rings. The molecule has 0 saturated heterocycles. The molecule has 3 N–H and O–H groups in total. The average Bonchev–Trinajstić information content (AvgIpc) is 2.14. The maximum atomic E-state index is 10.9. The second-order valence-corrected chi connectivity index (χ2v) is 3.16. The Balaban J connectivity index is 4.22. The van der Waals surface area contributed by atoms with Crippen LogP contribution in [0.2, 0.25) is 0 Å². The highest BCUT2D eigenvalue weighted by atomic mass is 79.9. The number of aliphatic carboxylic acids is 1. The predicted octanol–water partition coefficient (Wildman–Crippen LogP) is -1.28. The molecule has 2 atom stereocenters. The predicted molar refractivity (Wildman–Crippen MR) is 48.1 cm³/mol. The molecule has 0 amide bonds. The van der Waals surface area contributed by atoms with E-state index in [1.165, 1.54) is 0 Å². The van der Waals surface area contributed by atoms with Gasteiger partial charge in [-0.1, -0.05) is 15.9 Å². The van der Waals surface area contributed by atoms with Crippen molar-refractivity contribution in [3.05, 3.63) is 0 Å². The van der Waals surface area contributed by atoms with Crippen LogP contribution in [-0.4, -0.2) is 50.4 Å². The fourth-order valence-electron chi connectivity index (χ4n) is 0.619. The van der Waals surface area contributed by atoms with Gasteiger partial charge in [0.05, 0.1) is 6.42 Å². The quantitative estimate of drug-likeness (QED) is 0.409. The molecule has 0 spiro atoms. The van der Waals surface area contributed by atoms with E-state index in [0.29, 0.717) is 0 Å². The van der Waals surface area contributed by atoms with Crippen molar-refractivity contribution in [2.24, 2.45) is 0 Å². The summed E-state index contributed by atoms with van der Waals surface area (Å²) in [7, 11) is 0. The standard InChI is InChI=1S/C7H9BrO6/c8-2-5(11)6(12)3(9)1-4(10)7(13)14/h4-5,10-11H,1-2H2,(H,13,14). The smallest absolute Gasteiger partial charge is 0.333 e. The summed E-state index contributed by atoms with van der Waals surface area (Å²) in [6.07, 6.45) is -4.23. The summed E-state index contributed by atoms with van der Waals surface area (Å²) in [6, 6.07) is 0. The first-order chi connectivity index (χ1) is 6.40. The Morgan fingerprint density at radius 2 is 1.64 bits per heavy atom. The van der Waals surface area contributed by atoms with Gasteiger partial charge in [0, 0.05) is 5.33 Å². The summed E-state index contributed by atoms with van der Waals surface area (Å²) in [5.74, 6) is -3.80. The molecule has 80 valence electrons. The number of carboxylic acids is 1. The van der Waals surface area contributed by atoms with E-state index in [0.717, 1.165) is 0 Å². The zero-order chi connectivity index (χ0) is 11.3. The van der Waals surface area contributed by atoms with Crippen molar-refractivity contribution in [1.82, 2.24) is 0 Å². The Kier molecular flexibility index (Phi) is 5.51. The number of alkyl halides is 1. The molecule has 6 nitrogen and oxygen atoms in total. The zero-order valence-electron chi connectivity index (χ0n) is 7.01. The van der Waals surface area contributed by atoms with Crippen LogP contribution in [-0.2, 0) is 14.4 Å². The third-order valence-electron chi connectivity index (χ3n) is 1.39. The Bertz CT molecular complexity index is 251. The van der Waals surface area contributed by atoms with Crippen molar-refractivity contribution in [2.45, 2.75) is 18.6 Å². The SMILES string of the molecule is O=C(CC(O)C(=O)O)C(=O)C(O)CBr. The van der Waals surface area contributed by atoms with Gasteiger partial charge in [0.1, 0.15) is 6.10 Å². The third kappa shape index (κ3) is 3.95. The van der Waals surface area contributed by atoms with Crippen molar-refractivity contribution in [3.8, 4) is 0 Å². The molecule has 7 heteroatoms. The number of aliphatic hydroxyl groups is 2. The van der Waals surface area contributed by atoms with Crippen LogP contribution in [0.5, 0.6) is 0 Å². The molecule has 0 rings (SSSR count). The van der Waals surface area contributed by atoms with E-state index in [2.05, 4.69) is 15.9 Å². The first kappa shape index (κ1) is 13.2. The molecule has 0 aliphatic heterocycles. The molecule has 0 aromatic carbocycles. The normalized spacial score (nSPS) is 14.5. The van der Waals surface area contributed by atoms with Crippen molar-refractivity contribution in [2.75, 3.05) is 5.33 Å². The van der Waals surface area contributed by atoms with E-state index >= 15 is 0 Å². The number of carboxylic acid groups (broad SMARTS) is 1. The molecular formula is C7H9BrO6. The van der Waals surface area contributed by atoms with Gasteiger partial charge in [-0.2, -0.15) is 0 Å². The topological polar surface area (TPSA) is 112 Å². The summed E-state index contributed by atoms with van der Waals surface area (Å²) in [5.41, 5.74) is 0. The van der Waals surface area contributed by atoms with Crippen LogP contribution in [0.15, 0.2) is 0 Å². The molecule has 0 saturated carbocycles. The minimum absolute atomic E-state index is 0.110. The minimum atomic E-state index is -1.91. The molecule has 0 aromatic rings. The van der Waals surface area contributed by atoms with Crippen LogP contribution >= 0.6 is 15.9 Å². The van der Waals surface area contributed by atoms with Crippen LogP contribution in [0, 0.1) is 0 Å². The van der Waals surface area contributed by atoms with Crippen LogP contribution in [0.25, 0.3) is 0 Å². The van der Waals surface area contributed by atoms with Crippen molar-refractivity contribution >= 4 is 33.5 Å². The summed E-state index contributed by atoms with van der Waals surface area (Å²) in [6.45, 7) is 0. The van der Waals surface area contributed by atoms with Crippen molar-refractivity contribution < 1.29 is 29.7 Å². The fourth-order valence-corrected chi connectivity index (χ4v) is 0.913. The van der Waals surface area contributed by atoms with Crippen molar-refractivity contribution in [3.63, 3.8) is 0 Å². The first-order valence-corrected chi connectivity index (χ1v) is 4.74. The molecule has 0 heterocycles. The van der Waals surface area contributed by atoms with E-state index < -0.39 is 36.2 Å². The number of hydrogen-bond acceptors (Lipinski definition) is 5. The van der Waals surface area contributed by atoms with E-state index in [4.69, 9.17) is 15.3 Å². The van der Waals surface area contributed by atoms with Gasteiger partial charge in [0.15, 0.2) is 6.10 Å². The Morgan fingerprint density at radius 3 is 2.00 bits per heavy atom. The number of hydrogen-bond donors (Lipinski definition) is 3. The van der Waals surface area contributed by atoms with Crippen LogP contribution < -0.4 is 0 Å². The van der Waals surface area contributed by atoms with E-state index in [1.54, 1.807) is 0 Å². The second kappa shape index (κ2) is 5.84. The third-order valence-corrected chi connectivity index (χ3v) is 2.00. The fraction of sp³-hybridized carbons (Fsp3) is 0.571. The molecule has 0 fully saturated rings. The second-order valence-electron chi connectivity index (χ2n) is 2.52. The van der Waals surface area contributed by atoms with E-state index in [1.807, 2.05) is 0 Å². The number of carbonyl (C=O) groups excluding carboxylic acids is 2. The lowest BCUT2D eigenvalue weighted by molar-refractivity contribution is -0.150. The Hall–Kier alpha value is -0.790. The monoisotopic (exact) mass is 268 g/mol.